The molecule has 0 fully saturated rings. The van der Waals surface area contributed by atoms with Crippen LogP contribution >= 0.6 is 0 Å². The highest BCUT2D eigenvalue weighted by Gasteiger charge is 2.21. The first kappa shape index (κ1) is 19.5. The van der Waals surface area contributed by atoms with Crippen molar-refractivity contribution < 1.29 is 0 Å². The first-order chi connectivity index (χ1) is 13.1. The molecule has 0 amide bonds. The van der Waals surface area contributed by atoms with Crippen molar-refractivity contribution in [2.45, 2.75) is 65.2 Å². The molecule has 1 aromatic carbocycles. The van der Waals surface area contributed by atoms with Gasteiger partial charge in [-0.3, -0.25) is 9.98 Å². The summed E-state index contributed by atoms with van der Waals surface area (Å²) in [5, 5.41) is 0. The van der Waals surface area contributed by atoms with Crippen molar-refractivity contribution in [3.8, 4) is 0 Å². The average Bonchev–Trinajstić information content (AvgIpc) is 3.10. The average molecular weight is 361 g/mol. The molecular weight excluding hydrogens is 328 g/mol. The summed E-state index contributed by atoms with van der Waals surface area (Å²) >= 11 is 0. The number of aryl methyl sites for hydroxylation is 1. The Hall–Kier alpha value is -2.22. The molecule has 2 heterocycles. The third kappa shape index (κ3) is 5.63. The summed E-state index contributed by atoms with van der Waals surface area (Å²) in [7, 11) is 0. The Labute approximate surface area is 164 Å². The quantitative estimate of drug-likeness (QED) is 0.339. The van der Waals surface area contributed by atoms with E-state index in [0.717, 1.165) is 37.9 Å². The molecule has 0 aliphatic carbocycles. The van der Waals surface area contributed by atoms with Gasteiger partial charge in [-0.2, -0.15) is 0 Å². The molecule has 3 rings (SSSR count). The lowest BCUT2D eigenvalue weighted by Crippen LogP contribution is -2.01. The zero-order valence-corrected chi connectivity index (χ0v) is 16.9. The fourth-order valence-electron chi connectivity index (χ4n) is 3.71. The molecule has 0 N–H and O–H groups in total. The molecule has 0 saturated heterocycles. The number of hydrogen-bond acceptors (Lipinski definition) is 2. The van der Waals surface area contributed by atoms with Crippen molar-refractivity contribution >= 4 is 17.6 Å². The van der Waals surface area contributed by atoms with Crippen molar-refractivity contribution in [3.63, 3.8) is 0 Å². The van der Waals surface area contributed by atoms with Crippen LogP contribution in [0, 0.1) is 6.92 Å². The van der Waals surface area contributed by atoms with Crippen LogP contribution in [0.3, 0.4) is 0 Å². The lowest BCUT2D eigenvalue weighted by atomic mass is 9.95. The zero-order chi connectivity index (χ0) is 19.1. The second-order valence-electron chi connectivity index (χ2n) is 7.90. The SMILES string of the molecule is C=C(C)CCCCCCC1=NC(c2ccc(C)cc2)=C(C2=CCCN=C2)C1. The van der Waals surface area contributed by atoms with Crippen molar-refractivity contribution in [3.05, 3.63) is 64.8 Å². The Kier molecular flexibility index (Phi) is 6.98. The number of hydrogen-bond donors (Lipinski definition) is 0. The fraction of sp³-hybridized carbons (Fsp3) is 0.440. The topological polar surface area (TPSA) is 24.7 Å². The number of benzene rings is 1. The monoisotopic (exact) mass is 360 g/mol. The fourth-order valence-corrected chi connectivity index (χ4v) is 3.71. The summed E-state index contributed by atoms with van der Waals surface area (Å²) in [5.74, 6) is 0. The smallest absolute Gasteiger partial charge is 0.0743 e. The summed E-state index contributed by atoms with van der Waals surface area (Å²) < 4.78 is 0. The van der Waals surface area contributed by atoms with Crippen molar-refractivity contribution in [2.75, 3.05) is 6.54 Å². The van der Waals surface area contributed by atoms with Crippen molar-refractivity contribution in [1.82, 2.24) is 0 Å². The van der Waals surface area contributed by atoms with Gasteiger partial charge >= 0.3 is 0 Å². The summed E-state index contributed by atoms with van der Waals surface area (Å²) in [6.45, 7) is 9.15. The van der Waals surface area contributed by atoms with Crippen LogP contribution in [0.4, 0.5) is 0 Å². The van der Waals surface area contributed by atoms with E-state index in [1.807, 2.05) is 6.21 Å². The Balaban J connectivity index is 1.66. The van der Waals surface area contributed by atoms with Gasteiger partial charge in [-0.05, 0) is 57.1 Å². The molecule has 0 unspecified atom stereocenters. The van der Waals surface area contributed by atoms with Crippen LogP contribution in [0.15, 0.2) is 63.6 Å². The highest BCUT2D eigenvalue weighted by molar-refractivity contribution is 6.03. The molecule has 27 heavy (non-hydrogen) atoms. The molecule has 2 nitrogen and oxygen atoms in total. The molecule has 0 radical (unpaired) electrons. The van der Waals surface area contributed by atoms with E-state index in [9.17, 15) is 0 Å². The lowest BCUT2D eigenvalue weighted by Gasteiger charge is -2.10. The second kappa shape index (κ2) is 9.64. The number of aliphatic imine (C=N–C) groups is 2. The van der Waals surface area contributed by atoms with Gasteiger partial charge in [0.2, 0.25) is 0 Å². The maximum atomic E-state index is 5.07. The predicted molar refractivity (Wildman–Crippen MR) is 119 cm³/mol. The minimum atomic E-state index is 0.911. The van der Waals surface area contributed by atoms with Crippen LogP contribution in [-0.2, 0) is 0 Å². The molecule has 1 aromatic rings. The number of rotatable bonds is 9. The molecule has 142 valence electrons. The Morgan fingerprint density at radius 2 is 1.85 bits per heavy atom. The molecule has 0 saturated carbocycles. The predicted octanol–water partition coefficient (Wildman–Crippen LogP) is 6.87. The summed E-state index contributed by atoms with van der Waals surface area (Å²) in [5.41, 5.74) is 8.95. The van der Waals surface area contributed by atoms with Crippen molar-refractivity contribution in [1.29, 1.82) is 0 Å². The van der Waals surface area contributed by atoms with Crippen LogP contribution in [-0.4, -0.2) is 18.5 Å². The van der Waals surface area contributed by atoms with E-state index in [4.69, 9.17) is 4.99 Å². The molecule has 2 aliphatic rings. The summed E-state index contributed by atoms with van der Waals surface area (Å²) in [6, 6.07) is 8.77. The van der Waals surface area contributed by atoms with Gasteiger partial charge in [0, 0.05) is 30.5 Å². The second-order valence-corrected chi connectivity index (χ2v) is 7.90. The maximum absolute atomic E-state index is 5.07. The van der Waals surface area contributed by atoms with E-state index in [2.05, 4.69) is 55.8 Å². The molecule has 0 bridgehead atoms. The largest absolute Gasteiger partial charge is 0.292 e. The maximum Gasteiger partial charge on any atom is 0.0743 e. The van der Waals surface area contributed by atoms with Gasteiger partial charge in [-0.15, -0.1) is 6.58 Å². The van der Waals surface area contributed by atoms with Gasteiger partial charge < -0.3 is 0 Å². The van der Waals surface area contributed by atoms with E-state index >= 15 is 0 Å². The minimum absolute atomic E-state index is 0.911. The number of dihydropyridines is 1. The molecule has 2 heteroatoms. The highest BCUT2D eigenvalue weighted by Crippen LogP contribution is 2.35. The van der Waals surface area contributed by atoms with Crippen LogP contribution < -0.4 is 0 Å². The van der Waals surface area contributed by atoms with E-state index in [1.165, 1.54) is 59.2 Å². The van der Waals surface area contributed by atoms with Crippen LogP contribution in [0.2, 0.25) is 0 Å². The Morgan fingerprint density at radius 3 is 2.56 bits per heavy atom. The lowest BCUT2D eigenvalue weighted by molar-refractivity contribution is 0.650. The molecular formula is C25H32N2. The van der Waals surface area contributed by atoms with Gasteiger partial charge in [0.15, 0.2) is 0 Å². The zero-order valence-electron chi connectivity index (χ0n) is 16.9. The third-order valence-corrected chi connectivity index (χ3v) is 5.28. The highest BCUT2D eigenvalue weighted by atomic mass is 14.8. The number of allylic oxidation sites excluding steroid dienone is 3. The number of nitrogens with zero attached hydrogens (tertiary/aromatic N) is 2. The standard InChI is InChI=1S/C25H32N2/c1-19(2)9-6-4-5-7-11-23-17-24(22-10-8-16-26-18-22)25(27-23)21-14-12-20(3)13-15-21/h10,12-15,18H,1,4-9,11,16-17H2,2-3H3. The Morgan fingerprint density at radius 1 is 1.07 bits per heavy atom. The van der Waals surface area contributed by atoms with Crippen molar-refractivity contribution in [2.24, 2.45) is 9.98 Å². The third-order valence-electron chi connectivity index (χ3n) is 5.28. The molecule has 0 atom stereocenters. The summed E-state index contributed by atoms with van der Waals surface area (Å²) in [6.07, 6.45) is 13.7. The first-order valence-corrected chi connectivity index (χ1v) is 10.3. The van der Waals surface area contributed by atoms with E-state index < -0.39 is 0 Å². The van der Waals surface area contributed by atoms with E-state index in [1.54, 1.807) is 0 Å². The van der Waals surface area contributed by atoms with Gasteiger partial charge in [-0.1, -0.05) is 54.3 Å². The molecule has 0 aromatic heterocycles. The number of unbranched alkanes of at least 4 members (excludes halogenated alkanes) is 3. The van der Waals surface area contributed by atoms with E-state index in [0.29, 0.717) is 0 Å². The van der Waals surface area contributed by atoms with Gasteiger partial charge in [-0.25, -0.2) is 0 Å². The Bertz CT molecular complexity index is 788. The minimum Gasteiger partial charge on any atom is -0.292 e. The summed E-state index contributed by atoms with van der Waals surface area (Å²) in [4.78, 5) is 9.57. The van der Waals surface area contributed by atoms with Gasteiger partial charge in [0.1, 0.15) is 0 Å². The van der Waals surface area contributed by atoms with Crippen LogP contribution in [0.25, 0.3) is 5.70 Å². The normalized spacial score (nSPS) is 16.5. The molecule has 2 aliphatic heterocycles. The van der Waals surface area contributed by atoms with Gasteiger partial charge in [0.05, 0.1) is 5.70 Å². The van der Waals surface area contributed by atoms with E-state index in [-0.39, 0.29) is 0 Å². The molecule has 0 spiro atoms. The van der Waals surface area contributed by atoms with Crippen LogP contribution in [0.1, 0.15) is 69.4 Å². The van der Waals surface area contributed by atoms with Crippen LogP contribution in [0.5, 0.6) is 0 Å². The first-order valence-electron chi connectivity index (χ1n) is 10.3. The van der Waals surface area contributed by atoms with Gasteiger partial charge in [0.25, 0.3) is 0 Å².